The lowest BCUT2D eigenvalue weighted by atomic mass is 10.0. The van der Waals surface area contributed by atoms with E-state index < -0.39 is 0 Å². The fraction of sp³-hybridized carbons (Fsp3) is 0. The molecule has 0 aliphatic carbocycles. The predicted octanol–water partition coefficient (Wildman–Crippen LogP) is 3.51. The maximum Gasteiger partial charge on any atom is 0.215 e. The Hall–Kier alpha value is -2.26. The monoisotopic (exact) mass is 268 g/mol. The second-order valence-electron chi connectivity index (χ2n) is 4.07. The van der Waals surface area contributed by atoms with E-state index in [9.17, 15) is 4.79 Å². The van der Waals surface area contributed by atoms with Crippen LogP contribution in [0, 0.1) is 0 Å². The minimum Gasteiger partial charge on any atom is -0.287 e. The first-order chi connectivity index (χ1) is 9.27. The quantitative estimate of drug-likeness (QED) is 0.668. The molecule has 2 aromatic heterocycles. The highest BCUT2D eigenvalue weighted by molar-refractivity contribution is 6.35. The molecule has 0 fully saturated rings. The molecule has 0 amide bonds. The largest absolute Gasteiger partial charge is 0.287 e. The van der Waals surface area contributed by atoms with Gasteiger partial charge in [-0.25, -0.2) is 0 Å². The number of fused-ring (bicyclic) bond motifs is 1. The van der Waals surface area contributed by atoms with Gasteiger partial charge >= 0.3 is 0 Å². The summed E-state index contributed by atoms with van der Waals surface area (Å²) in [4.78, 5) is 20.6. The fourth-order valence-electron chi connectivity index (χ4n) is 1.98. The van der Waals surface area contributed by atoms with Crippen LogP contribution in [0.15, 0.2) is 55.0 Å². The predicted molar refractivity (Wildman–Crippen MR) is 74.4 cm³/mol. The van der Waals surface area contributed by atoms with Crippen molar-refractivity contribution in [1.29, 1.82) is 0 Å². The lowest BCUT2D eigenvalue weighted by Crippen LogP contribution is -2.06. The van der Waals surface area contributed by atoms with Crippen LogP contribution in [0.25, 0.3) is 10.8 Å². The fourth-order valence-corrected chi connectivity index (χ4v) is 2.19. The van der Waals surface area contributed by atoms with E-state index in [0.717, 1.165) is 10.8 Å². The number of nitrogens with zero attached hydrogens (tertiary/aromatic N) is 2. The summed E-state index contributed by atoms with van der Waals surface area (Å²) in [6.07, 6.45) is 4.83. The molecule has 3 aromatic rings. The normalized spacial score (nSPS) is 10.6. The van der Waals surface area contributed by atoms with Gasteiger partial charge in [-0.3, -0.25) is 14.8 Å². The van der Waals surface area contributed by atoms with Gasteiger partial charge in [0.1, 0.15) is 5.69 Å². The third-order valence-electron chi connectivity index (χ3n) is 2.89. The van der Waals surface area contributed by atoms with Crippen molar-refractivity contribution in [1.82, 2.24) is 9.97 Å². The van der Waals surface area contributed by atoms with Crippen LogP contribution >= 0.6 is 11.6 Å². The molecule has 2 heterocycles. The smallest absolute Gasteiger partial charge is 0.215 e. The van der Waals surface area contributed by atoms with E-state index in [1.54, 1.807) is 30.7 Å². The molecule has 0 spiro atoms. The number of halogens is 1. The van der Waals surface area contributed by atoms with Gasteiger partial charge in [0.15, 0.2) is 0 Å². The maximum atomic E-state index is 12.5. The van der Waals surface area contributed by atoms with Crippen molar-refractivity contribution in [3.05, 3.63) is 71.3 Å². The molecule has 0 bridgehead atoms. The van der Waals surface area contributed by atoms with Gasteiger partial charge in [-0.15, -0.1) is 0 Å². The third-order valence-corrected chi connectivity index (χ3v) is 3.19. The molecular formula is C15H9ClN2O. The first kappa shape index (κ1) is 11.8. The average Bonchev–Trinajstić information content (AvgIpc) is 2.46. The third kappa shape index (κ3) is 2.09. The molecule has 0 unspecified atom stereocenters. The molecule has 1 aromatic carbocycles. The standard InChI is InChI=1S/C15H9ClN2O/c16-13-6-3-7-18-14(13)15(19)12-9-17-8-10-4-1-2-5-11(10)12/h1-9H. The highest BCUT2D eigenvalue weighted by atomic mass is 35.5. The van der Waals surface area contributed by atoms with Crippen molar-refractivity contribution in [2.75, 3.05) is 0 Å². The maximum absolute atomic E-state index is 12.5. The first-order valence-corrected chi connectivity index (χ1v) is 6.13. The summed E-state index contributed by atoms with van der Waals surface area (Å²) >= 11 is 6.02. The Morgan fingerprint density at radius 2 is 1.89 bits per heavy atom. The lowest BCUT2D eigenvalue weighted by Gasteiger charge is -2.05. The number of hydrogen-bond donors (Lipinski definition) is 0. The van der Waals surface area contributed by atoms with Crippen molar-refractivity contribution in [3.63, 3.8) is 0 Å². The topological polar surface area (TPSA) is 42.9 Å². The number of carbonyl (C=O) groups excluding carboxylic acids is 1. The van der Waals surface area contributed by atoms with Gasteiger partial charge in [0, 0.05) is 24.0 Å². The molecule has 19 heavy (non-hydrogen) atoms. The van der Waals surface area contributed by atoms with E-state index in [4.69, 9.17) is 11.6 Å². The van der Waals surface area contributed by atoms with Gasteiger partial charge in [0.2, 0.25) is 5.78 Å². The molecule has 0 saturated heterocycles. The van der Waals surface area contributed by atoms with Crippen LogP contribution in [-0.4, -0.2) is 15.8 Å². The number of ketones is 1. The minimum absolute atomic E-state index is 0.213. The zero-order valence-electron chi connectivity index (χ0n) is 9.88. The Morgan fingerprint density at radius 1 is 1.05 bits per heavy atom. The zero-order valence-corrected chi connectivity index (χ0v) is 10.6. The summed E-state index contributed by atoms with van der Waals surface area (Å²) in [6.45, 7) is 0. The first-order valence-electron chi connectivity index (χ1n) is 5.75. The second kappa shape index (κ2) is 4.78. The van der Waals surface area contributed by atoms with Crippen molar-refractivity contribution in [2.45, 2.75) is 0 Å². The molecule has 0 saturated carbocycles. The molecule has 4 heteroatoms. The number of rotatable bonds is 2. The van der Waals surface area contributed by atoms with Crippen LogP contribution in [-0.2, 0) is 0 Å². The molecule has 0 aliphatic heterocycles. The van der Waals surface area contributed by atoms with Gasteiger partial charge in [-0.05, 0) is 17.5 Å². The number of aromatic nitrogens is 2. The molecule has 0 atom stereocenters. The summed E-state index contributed by atoms with van der Waals surface area (Å²) in [7, 11) is 0. The summed E-state index contributed by atoms with van der Waals surface area (Å²) in [5.74, 6) is -0.213. The second-order valence-corrected chi connectivity index (χ2v) is 4.48. The van der Waals surface area contributed by atoms with Crippen LogP contribution in [0.3, 0.4) is 0 Å². The van der Waals surface area contributed by atoms with E-state index in [2.05, 4.69) is 9.97 Å². The van der Waals surface area contributed by atoms with E-state index in [1.165, 1.54) is 0 Å². The Labute approximate surface area is 114 Å². The van der Waals surface area contributed by atoms with Gasteiger partial charge in [-0.2, -0.15) is 0 Å². The number of benzene rings is 1. The van der Waals surface area contributed by atoms with Crippen molar-refractivity contribution < 1.29 is 4.79 Å². The van der Waals surface area contributed by atoms with Crippen molar-refractivity contribution >= 4 is 28.2 Å². The van der Waals surface area contributed by atoms with E-state index in [-0.39, 0.29) is 11.5 Å². The van der Waals surface area contributed by atoms with E-state index in [1.807, 2.05) is 24.3 Å². The number of pyridine rings is 2. The Kier molecular flexibility index (Phi) is 2.97. The van der Waals surface area contributed by atoms with Crippen LogP contribution in [0.1, 0.15) is 16.1 Å². The Bertz CT molecular complexity index is 765. The summed E-state index contributed by atoms with van der Waals surface area (Å²) < 4.78 is 0. The van der Waals surface area contributed by atoms with E-state index in [0.29, 0.717) is 10.6 Å². The minimum atomic E-state index is -0.213. The molecule has 0 aliphatic rings. The zero-order chi connectivity index (χ0) is 13.2. The SMILES string of the molecule is O=C(c1ncccc1Cl)c1cncc2ccccc12. The van der Waals surface area contributed by atoms with Crippen LogP contribution in [0.4, 0.5) is 0 Å². The van der Waals surface area contributed by atoms with Crippen LogP contribution < -0.4 is 0 Å². The van der Waals surface area contributed by atoms with Gasteiger partial charge in [0.05, 0.1) is 10.6 Å². The van der Waals surface area contributed by atoms with Gasteiger partial charge < -0.3 is 0 Å². The number of hydrogen-bond acceptors (Lipinski definition) is 3. The molecule has 92 valence electrons. The molecule has 0 radical (unpaired) electrons. The van der Waals surface area contributed by atoms with Crippen LogP contribution in [0.2, 0.25) is 5.02 Å². The Morgan fingerprint density at radius 3 is 2.74 bits per heavy atom. The average molecular weight is 269 g/mol. The molecule has 3 rings (SSSR count). The molecule has 0 N–H and O–H groups in total. The summed E-state index contributed by atoms with van der Waals surface area (Å²) in [6, 6.07) is 11.0. The molecule has 3 nitrogen and oxygen atoms in total. The highest BCUT2D eigenvalue weighted by Crippen LogP contribution is 2.22. The Balaban J connectivity index is 2.20. The van der Waals surface area contributed by atoms with Gasteiger partial charge in [0.25, 0.3) is 0 Å². The van der Waals surface area contributed by atoms with Crippen molar-refractivity contribution in [3.8, 4) is 0 Å². The van der Waals surface area contributed by atoms with Crippen LogP contribution in [0.5, 0.6) is 0 Å². The summed E-state index contributed by atoms with van der Waals surface area (Å²) in [5.41, 5.74) is 0.765. The lowest BCUT2D eigenvalue weighted by molar-refractivity contribution is 0.103. The molecular weight excluding hydrogens is 260 g/mol. The summed E-state index contributed by atoms with van der Waals surface area (Å²) in [5, 5.41) is 2.12. The van der Waals surface area contributed by atoms with Gasteiger partial charge in [-0.1, -0.05) is 35.9 Å². The highest BCUT2D eigenvalue weighted by Gasteiger charge is 2.16. The van der Waals surface area contributed by atoms with E-state index >= 15 is 0 Å². The van der Waals surface area contributed by atoms with Crippen molar-refractivity contribution in [2.24, 2.45) is 0 Å². The number of carbonyl (C=O) groups is 1.